The average Bonchev–Trinajstić information content (AvgIpc) is 2.60. The average molecular weight is 323 g/mol. The molecule has 0 radical (unpaired) electrons. The Hall–Kier alpha value is -2.06. The van der Waals surface area contributed by atoms with Crippen LogP contribution in [-0.2, 0) is 0 Å². The molecule has 1 nitrogen and oxygen atoms in total. The summed E-state index contributed by atoms with van der Waals surface area (Å²) in [5.74, 6) is 6.98. The zero-order chi connectivity index (χ0) is 17.2. The largest absolute Gasteiger partial charge is 0.206 e. The minimum Gasteiger partial charge on any atom is -0.206 e. The van der Waals surface area contributed by atoms with E-state index in [2.05, 4.69) is 24.8 Å². The van der Waals surface area contributed by atoms with Crippen molar-refractivity contribution < 1.29 is 4.39 Å². The van der Waals surface area contributed by atoms with Crippen molar-refractivity contribution >= 4 is 0 Å². The molecular weight excluding hydrogens is 297 g/mol. The molecule has 0 N–H and O–H groups in total. The van der Waals surface area contributed by atoms with Gasteiger partial charge in [-0.3, -0.25) is 0 Å². The van der Waals surface area contributed by atoms with Gasteiger partial charge in [-0.1, -0.05) is 50.5 Å². The maximum absolute atomic E-state index is 13.5. The number of hydrogen-bond donors (Lipinski definition) is 0. The van der Waals surface area contributed by atoms with E-state index in [0.717, 1.165) is 5.92 Å². The van der Waals surface area contributed by atoms with Crippen molar-refractivity contribution in [2.45, 2.75) is 58.3 Å². The topological polar surface area (TPSA) is 23.8 Å². The molecule has 126 valence electrons. The number of nitriles is 1. The third kappa shape index (κ3) is 5.86. The predicted octanol–water partition coefficient (Wildman–Crippen LogP) is 5.99. The smallest absolute Gasteiger partial charge is 0.142 e. The molecule has 1 aromatic carbocycles. The molecular formula is C22H26FN. The van der Waals surface area contributed by atoms with Crippen LogP contribution in [0.15, 0.2) is 30.4 Å². The highest BCUT2D eigenvalue weighted by molar-refractivity contribution is 5.42. The zero-order valence-electron chi connectivity index (χ0n) is 14.5. The van der Waals surface area contributed by atoms with Crippen LogP contribution in [0.1, 0.15) is 69.4 Å². The molecule has 0 amide bonds. The van der Waals surface area contributed by atoms with Crippen LogP contribution in [0, 0.1) is 40.8 Å². The van der Waals surface area contributed by atoms with Gasteiger partial charge in [0.15, 0.2) is 0 Å². The lowest BCUT2D eigenvalue weighted by atomic mass is 9.79. The van der Waals surface area contributed by atoms with Crippen LogP contribution >= 0.6 is 0 Å². The van der Waals surface area contributed by atoms with Crippen LogP contribution in [0.3, 0.4) is 0 Å². The Bertz CT molecular complexity index is 649. The van der Waals surface area contributed by atoms with Gasteiger partial charge in [0.05, 0.1) is 5.56 Å². The fraction of sp³-hybridized carbons (Fsp3) is 0.500. The second-order valence-electron chi connectivity index (χ2n) is 6.71. The molecule has 0 aliphatic heterocycles. The van der Waals surface area contributed by atoms with Gasteiger partial charge < -0.3 is 0 Å². The second kappa shape index (κ2) is 9.94. The van der Waals surface area contributed by atoms with Crippen molar-refractivity contribution in [1.29, 1.82) is 5.26 Å². The van der Waals surface area contributed by atoms with Crippen LogP contribution in [0.4, 0.5) is 4.39 Å². The molecule has 0 bridgehead atoms. The van der Waals surface area contributed by atoms with E-state index in [-0.39, 0.29) is 5.56 Å². The van der Waals surface area contributed by atoms with Gasteiger partial charge >= 0.3 is 0 Å². The van der Waals surface area contributed by atoms with Crippen LogP contribution in [0.5, 0.6) is 0 Å². The monoisotopic (exact) mass is 323 g/mol. The lowest BCUT2D eigenvalue weighted by molar-refractivity contribution is 0.289. The summed E-state index contributed by atoms with van der Waals surface area (Å²) in [7, 11) is 0. The minimum atomic E-state index is -0.505. The summed E-state index contributed by atoms with van der Waals surface area (Å²) in [6, 6.07) is 6.29. The van der Waals surface area contributed by atoms with Crippen molar-refractivity contribution in [2.24, 2.45) is 11.8 Å². The summed E-state index contributed by atoms with van der Waals surface area (Å²) >= 11 is 0. The van der Waals surface area contributed by atoms with Crippen LogP contribution in [0.25, 0.3) is 0 Å². The van der Waals surface area contributed by atoms with Crippen LogP contribution in [0.2, 0.25) is 0 Å². The molecule has 0 spiro atoms. The van der Waals surface area contributed by atoms with Crippen LogP contribution < -0.4 is 0 Å². The SMILES string of the molecule is CCCCCC1CCC(/C=C/C#Cc2ccc(C#N)c(F)c2)CC1. The number of rotatable bonds is 5. The molecule has 0 heterocycles. The highest BCUT2D eigenvalue weighted by atomic mass is 19.1. The molecule has 2 heteroatoms. The quantitative estimate of drug-likeness (QED) is 0.482. The lowest BCUT2D eigenvalue weighted by Gasteiger charge is -2.26. The van der Waals surface area contributed by atoms with Gasteiger partial charge in [0.1, 0.15) is 11.9 Å². The first kappa shape index (κ1) is 18.3. The fourth-order valence-corrected chi connectivity index (χ4v) is 3.35. The zero-order valence-corrected chi connectivity index (χ0v) is 14.5. The number of benzene rings is 1. The van der Waals surface area contributed by atoms with Crippen molar-refractivity contribution in [3.8, 4) is 17.9 Å². The molecule has 24 heavy (non-hydrogen) atoms. The Morgan fingerprint density at radius 3 is 2.67 bits per heavy atom. The predicted molar refractivity (Wildman–Crippen MR) is 96.7 cm³/mol. The maximum Gasteiger partial charge on any atom is 0.142 e. The van der Waals surface area contributed by atoms with E-state index in [4.69, 9.17) is 5.26 Å². The van der Waals surface area contributed by atoms with Crippen LogP contribution in [-0.4, -0.2) is 0 Å². The first-order valence-electron chi connectivity index (χ1n) is 9.10. The molecule has 2 rings (SSSR count). The lowest BCUT2D eigenvalue weighted by Crippen LogP contribution is -2.12. The van der Waals surface area contributed by atoms with Gasteiger partial charge in [0.2, 0.25) is 0 Å². The molecule has 1 aliphatic rings. The molecule has 1 aliphatic carbocycles. The maximum atomic E-state index is 13.5. The Morgan fingerprint density at radius 1 is 1.21 bits per heavy atom. The van der Waals surface area contributed by atoms with Gasteiger partial charge in [-0.15, -0.1) is 0 Å². The van der Waals surface area contributed by atoms with E-state index in [9.17, 15) is 4.39 Å². The summed E-state index contributed by atoms with van der Waals surface area (Å²) in [6.07, 6.45) is 14.8. The van der Waals surface area contributed by atoms with E-state index in [1.807, 2.05) is 12.1 Å². The number of hydrogen-bond acceptors (Lipinski definition) is 1. The van der Waals surface area contributed by atoms with Crippen molar-refractivity contribution in [3.63, 3.8) is 0 Å². The molecule has 0 saturated heterocycles. The molecule has 0 aromatic heterocycles. The Balaban J connectivity index is 1.78. The Kier molecular flexibility index (Phi) is 7.57. The van der Waals surface area contributed by atoms with Crippen molar-refractivity contribution in [3.05, 3.63) is 47.3 Å². The summed E-state index contributed by atoms with van der Waals surface area (Å²) < 4.78 is 13.5. The second-order valence-corrected chi connectivity index (χ2v) is 6.71. The van der Waals surface area contributed by atoms with E-state index < -0.39 is 5.82 Å². The van der Waals surface area contributed by atoms with Gasteiger partial charge in [-0.2, -0.15) is 5.26 Å². The van der Waals surface area contributed by atoms with E-state index in [1.165, 1.54) is 63.5 Å². The van der Waals surface area contributed by atoms with Gasteiger partial charge in [0.25, 0.3) is 0 Å². The Morgan fingerprint density at radius 2 is 2.00 bits per heavy atom. The van der Waals surface area contributed by atoms with Gasteiger partial charge in [-0.25, -0.2) is 4.39 Å². The highest BCUT2D eigenvalue weighted by Crippen LogP contribution is 2.32. The highest BCUT2D eigenvalue weighted by Gasteiger charge is 2.18. The first-order valence-corrected chi connectivity index (χ1v) is 9.10. The number of halogens is 1. The molecule has 1 saturated carbocycles. The molecule has 0 unspecified atom stereocenters. The third-order valence-corrected chi connectivity index (χ3v) is 4.87. The third-order valence-electron chi connectivity index (χ3n) is 4.87. The van der Waals surface area contributed by atoms with Crippen molar-refractivity contribution in [1.82, 2.24) is 0 Å². The van der Waals surface area contributed by atoms with Crippen molar-refractivity contribution in [2.75, 3.05) is 0 Å². The first-order chi connectivity index (χ1) is 11.7. The summed E-state index contributed by atoms with van der Waals surface area (Å²) in [5.41, 5.74) is 0.669. The molecule has 0 atom stereocenters. The number of allylic oxidation sites excluding steroid dienone is 2. The Labute approximate surface area is 145 Å². The summed E-state index contributed by atoms with van der Waals surface area (Å²) in [6.45, 7) is 2.26. The van der Waals surface area contributed by atoms with E-state index >= 15 is 0 Å². The fourth-order valence-electron chi connectivity index (χ4n) is 3.35. The van der Waals surface area contributed by atoms with E-state index in [1.54, 1.807) is 6.07 Å². The minimum absolute atomic E-state index is 0.0618. The number of unbranched alkanes of at least 4 members (excludes halogenated alkanes) is 2. The summed E-state index contributed by atoms with van der Waals surface area (Å²) in [4.78, 5) is 0. The molecule has 1 aromatic rings. The van der Waals surface area contributed by atoms with Gasteiger partial charge in [0, 0.05) is 5.56 Å². The normalized spacial score (nSPS) is 20.4. The molecule has 1 fully saturated rings. The number of nitrogens with zero attached hydrogens (tertiary/aromatic N) is 1. The summed E-state index contributed by atoms with van der Waals surface area (Å²) in [5, 5.41) is 8.71. The van der Waals surface area contributed by atoms with E-state index in [0.29, 0.717) is 11.5 Å². The standard InChI is InChI=1S/C22H26FN/c1-2-3-4-7-18-10-12-19(13-11-18)8-5-6-9-20-14-15-21(17-24)22(23)16-20/h5,8,14-16,18-19H,2-4,7,10-13H2,1H3/b8-5+. The van der Waals surface area contributed by atoms with Gasteiger partial charge in [-0.05, 0) is 61.8 Å².